The molecule has 0 atom stereocenters. The van der Waals surface area contributed by atoms with Crippen LogP contribution in [-0.2, 0) is 0 Å². The molecule has 0 aromatic carbocycles. The maximum Gasteiger partial charge on any atom is 0.353 e. The van der Waals surface area contributed by atoms with E-state index in [2.05, 4.69) is 15.3 Å². The van der Waals surface area contributed by atoms with Crippen molar-refractivity contribution in [3.05, 3.63) is 22.5 Å². The first kappa shape index (κ1) is 15.3. The van der Waals surface area contributed by atoms with Gasteiger partial charge in [0.05, 0.1) is 6.04 Å². The first-order valence-corrected chi connectivity index (χ1v) is 8.87. The smallest absolute Gasteiger partial charge is 0.337 e. The summed E-state index contributed by atoms with van der Waals surface area (Å²) in [4.78, 5) is 31.3. The van der Waals surface area contributed by atoms with Crippen LogP contribution >= 0.6 is 0 Å². The number of aromatic nitrogens is 5. The number of amides is 1. The number of piperidine rings is 1. The van der Waals surface area contributed by atoms with E-state index in [4.69, 9.17) is 0 Å². The molecule has 4 rings (SSSR count). The zero-order chi connectivity index (χ0) is 16.5. The quantitative estimate of drug-likeness (QED) is 0.831. The normalized spacial score (nSPS) is 19.8. The van der Waals surface area contributed by atoms with Gasteiger partial charge in [0, 0.05) is 13.1 Å². The molecule has 2 aromatic rings. The number of imidazole rings is 1. The lowest BCUT2D eigenvalue weighted by Gasteiger charge is -2.25. The fourth-order valence-corrected chi connectivity index (χ4v) is 3.77. The van der Waals surface area contributed by atoms with Gasteiger partial charge < -0.3 is 4.90 Å². The maximum atomic E-state index is 12.7. The van der Waals surface area contributed by atoms with Crippen molar-refractivity contribution in [3.8, 4) is 0 Å². The fraction of sp³-hybridized carbons (Fsp3) is 0.688. The molecule has 2 aliphatic rings. The molecule has 0 unspecified atom stereocenters. The van der Waals surface area contributed by atoms with E-state index in [0.29, 0.717) is 0 Å². The first-order valence-electron chi connectivity index (χ1n) is 8.87. The molecule has 2 aromatic heterocycles. The van der Waals surface area contributed by atoms with Crippen LogP contribution in [0.25, 0.3) is 5.65 Å². The van der Waals surface area contributed by atoms with Crippen molar-refractivity contribution in [3.63, 3.8) is 0 Å². The lowest BCUT2D eigenvalue weighted by molar-refractivity contribution is 0.0720. The summed E-state index contributed by atoms with van der Waals surface area (Å²) in [5.41, 5.74) is 0.247. The second-order valence-electron chi connectivity index (χ2n) is 6.75. The third kappa shape index (κ3) is 2.59. The second-order valence-corrected chi connectivity index (χ2v) is 6.75. The van der Waals surface area contributed by atoms with Crippen LogP contribution in [0.15, 0.2) is 11.1 Å². The van der Waals surface area contributed by atoms with Gasteiger partial charge in [-0.3, -0.25) is 4.79 Å². The third-order valence-corrected chi connectivity index (χ3v) is 5.15. The van der Waals surface area contributed by atoms with E-state index < -0.39 is 0 Å². The number of hydrogen-bond donors (Lipinski definition) is 0. The summed E-state index contributed by atoms with van der Waals surface area (Å²) in [6.07, 6.45) is 9.92. The van der Waals surface area contributed by atoms with Crippen LogP contribution in [0.4, 0.5) is 0 Å². The molecule has 8 nitrogen and oxygen atoms in total. The molecule has 1 amide bonds. The summed E-state index contributed by atoms with van der Waals surface area (Å²) < 4.78 is 2.82. The van der Waals surface area contributed by atoms with Gasteiger partial charge >= 0.3 is 5.69 Å². The summed E-state index contributed by atoms with van der Waals surface area (Å²) in [5.74, 6) is -0.152. The predicted molar refractivity (Wildman–Crippen MR) is 86.9 cm³/mol. The molecule has 1 saturated carbocycles. The number of fused-ring (bicyclic) bond motifs is 1. The lowest BCUT2D eigenvalue weighted by Crippen LogP contribution is -2.37. The summed E-state index contributed by atoms with van der Waals surface area (Å²) in [6, 6.07) is 0.104. The molecular weight excluding hydrogens is 308 g/mol. The first-order chi connectivity index (χ1) is 11.8. The topological polar surface area (TPSA) is 85.4 Å². The average Bonchev–Trinajstić information content (AvgIpc) is 3.08. The van der Waals surface area contributed by atoms with Gasteiger partial charge in [-0.2, -0.15) is 4.68 Å². The summed E-state index contributed by atoms with van der Waals surface area (Å²) in [5, 5.41) is 8.27. The van der Waals surface area contributed by atoms with E-state index in [1.807, 2.05) is 0 Å². The van der Waals surface area contributed by atoms with Crippen molar-refractivity contribution in [1.82, 2.24) is 29.3 Å². The molecule has 0 spiro atoms. The van der Waals surface area contributed by atoms with Crippen LogP contribution in [0.3, 0.4) is 0 Å². The Balaban J connectivity index is 1.68. The van der Waals surface area contributed by atoms with E-state index in [1.54, 1.807) is 4.90 Å². The second kappa shape index (κ2) is 6.33. The molecule has 128 valence electrons. The van der Waals surface area contributed by atoms with E-state index in [9.17, 15) is 9.59 Å². The monoisotopic (exact) mass is 330 g/mol. The highest BCUT2D eigenvalue weighted by atomic mass is 16.2. The van der Waals surface area contributed by atoms with Crippen molar-refractivity contribution < 1.29 is 4.79 Å². The van der Waals surface area contributed by atoms with E-state index in [-0.39, 0.29) is 29.0 Å². The van der Waals surface area contributed by atoms with Gasteiger partial charge in [0.25, 0.3) is 5.91 Å². The van der Waals surface area contributed by atoms with Gasteiger partial charge in [0.1, 0.15) is 6.33 Å². The van der Waals surface area contributed by atoms with Gasteiger partial charge in [0.2, 0.25) is 0 Å². The number of likely N-dealkylation sites (tertiary alicyclic amines) is 1. The molecule has 8 heteroatoms. The van der Waals surface area contributed by atoms with Gasteiger partial charge in [-0.1, -0.05) is 24.5 Å². The minimum atomic E-state index is -0.253. The SMILES string of the molecule is O=C(c1ncn2c(=O)n(C3CCCCC3)nnc12)N1CCCCC1. The molecule has 3 heterocycles. The Morgan fingerprint density at radius 1 is 1.04 bits per heavy atom. The largest absolute Gasteiger partial charge is 0.353 e. The Hall–Kier alpha value is -2.25. The van der Waals surface area contributed by atoms with Crippen LogP contribution in [0.1, 0.15) is 67.9 Å². The zero-order valence-corrected chi connectivity index (χ0v) is 13.7. The number of carbonyl (C=O) groups is 1. The molecule has 0 N–H and O–H groups in total. The van der Waals surface area contributed by atoms with Crippen molar-refractivity contribution >= 4 is 11.6 Å². The third-order valence-electron chi connectivity index (χ3n) is 5.15. The van der Waals surface area contributed by atoms with Gasteiger partial charge in [-0.05, 0) is 32.1 Å². The number of nitrogens with zero attached hydrogens (tertiary/aromatic N) is 6. The van der Waals surface area contributed by atoms with Crippen LogP contribution < -0.4 is 5.69 Å². The summed E-state index contributed by atoms with van der Waals surface area (Å²) in [7, 11) is 0. The Kier molecular flexibility index (Phi) is 4.03. The van der Waals surface area contributed by atoms with Crippen molar-refractivity contribution in [2.45, 2.75) is 57.4 Å². The van der Waals surface area contributed by atoms with Gasteiger partial charge in [0.15, 0.2) is 11.3 Å². The fourth-order valence-electron chi connectivity index (χ4n) is 3.77. The Morgan fingerprint density at radius 3 is 2.50 bits per heavy atom. The van der Waals surface area contributed by atoms with Crippen LogP contribution in [0, 0.1) is 0 Å². The Labute approximate surface area is 139 Å². The predicted octanol–water partition coefficient (Wildman–Crippen LogP) is 1.42. The number of carbonyl (C=O) groups excluding carboxylic acids is 1. The number of hydrogen-bond acceptors (Lipinski definition) is 5. The van der Waals surface area contributed by atoms with Crippen molar-refractivity contribution in [1.29, 1.82) is 0 Å². The van der Waals surface area contributed by atoms with E-state index in [1.165, 1.54) is 21.8 Å². The van der Waals surface area contributed by atoms with Gasteiger partial charge in [-0.15, -0.1) is 5.10 Å². The zero-order valence-electron chi connectivity index (χ0n) is 13.7. The molecule has 0 bridgehead atoms. The highest BCUT2D eigenvalue weighted by molar-refractivity contribution is 5.97. The van der Waals surface area contributed by atoms with Crippen LogP contribution in [0.5, 0.6) is 0 Å². The standard InChI is InChI=1S/C16H22N6O2/c23-15(20-9-5-2-6-10-20)13-14-18-19-22(12-7-3-1-4-8-12)16(24)21(14)11-17-13/h11-12H,1-10H2. The van der Waals surface area contributed by atoms with Crippen LogP contribution in [0.2, 0.25) is 0 Å². The minimum Gasteiger partial charge on any atom is -0.337 e. The molecule has 24 heavy (non-hydrogen) atoms. The van der Waals surface area contributed by atoms with E-state index in [0.717, 1.165) is 58.0 Å². The molecular formula is C16H22N6O2. The van der Waals surface area contributed by atoms with Crippen molar-refractivity contribution in [2.75, 3.05) is 13.1 Å². The Morgan fingerprint density at radius 2 is 1.75 bits per heavy atom. The molecule has 0 radical (unpaired) electrons. The van der Waals surface area contributed by atoms with Gasteiger partial charge in [-0.25, -0.2) is 14.2 Å². The van der Waals surface area contributed by atoms with Crippen molar-refractivity contribution in [2.24, 2.45) is 0 Å². The highest BCUT2D eigenvalue weighted by Crippen LogP contribution is 2.26. The average molecular weight is 330 g/mol. The minimum absolute atomic E-state index is 0.104. The lowest BCUT2D eigenvalue weighted by atomic mass is 9.96. The Bertz CT molecular complexity index is 798. The summed E-state index contributed by atoms with van der Waals surface area (Å²) >= 11 is 0. The van der Waals surface area contributed by atoms with Crippen LogP contribution in [-0.4, -0.2) is 48.3 Å². The molecule has 1 aliphatic carbocycles. The summed E-state index contributed by atoms with van der Waals surface area (Å²) in [6.45, 7) is 1.48. The van der Waals surface area contributed by atoms with E-state index >= 15 is 0 Å². The number of rotatable bonds is 2. The highest BCUT2D eigenvalue weighted by Gasteiger charge is 2.25. The molecule has 1 aliphatic heterocycles. The molecule has 1 saturated heterocycles. The maximum absolute atomic E-state index is 12.7. The molecule has 2 fully saturated rings.